The SMILES string of the molecule is O=C(CN1CCOCC1)Nc1ccc(NC(=O)c2cccc(OCc3cccc(Cl)c3)c2)cc1. The number of rotatable bonds is 8. The lowest BCUT2D eigenvalue weighted by molar-refractivity contribution is -0.118. The molecule has 7 nitrogen and oxygen atoms in total. The molecule has 176 valence electrons. The molecule has 34 heavy (non-hydrogen) atoms. The van der Waals surface area contributed by atoms with Crippen molar-refractivity contribution in [2.24, 2.45) is 0 Å². The van der Waals surface area contributed by atoms with E-state index >= 15 is 0 Å². The predicted molar refractivity (Wildman–Crippen MR) is 133 cm³/mol. The standard InChI is InChI=1S/C26H26ClN3O4/c27-21-5-1-3-19(15-21)18-34-24-6-2-4-20(16-24)26(32)29-23-9-7-22(8-10-23)28-25(31)17-30-11-13-33-14-12-30/h1-10,15-16H,11-14,17-18H2,(H,28,31)(H,29,32). The van der Waals surface area contributed by atoms with E-state index in [1.165, 1.54) is 0 Å². The Balaban J connectivity index is 1.29. The molecule has 0 aliphatic carbocycles. The summed E-state index contributed by atoms with van der Waals surface area (Å²) in [7, 11) is 0. The van der Waals surface area contributed by atoms with Gasteiger partial charge in [-0.2, -0.15) is 0 Å². The molecule has 0 aromatic heterocycles. The van der Waals surface area contributed by atoms with E-state index in [-0.39, 0.29) is 11.8 Å². The van der Waals surface area contributed by atoms with Crippen LogP contribution >= 0.6 is 11.6 Å². The molecule has 3 aromatic carbocycles. The Labute approximate surface area is 203 Å². The maximum Gasteiger partial charge on any atom is 0.255 e. The van der Waals surface area contributed by atoms with Crippen molar-refractivity contribution in [2.75, 3.05) is 43.5 Å². The first-order valence-electron chi connectivity index (χ1n) is 11.0. The molecule has 0 spiro atoms. The third-order valence-electron chi connectivity index (χ3n) is 5.29. The van der Waals surface area contributed by atoms with Gasteiger partial charge in [-0.1, -0.05) is 29.8 Å². The first kappa shape index (κ1) is 23.8. The highest BCUT2D eigenvalue weighted by molar-refractivity contribution is 6.30. The third-order valence-corrected chi connectivity index (χ3v) is 5.52. The van der Waals surface area contributed by atoms with Crippen molar-refractivity contribution < 1.29 is 19.1 Å². The largest absolute Gasteiger partial charge is 0.489 e. The van der Waals surface area contributed by atoms with Crippen LogP contribution in [0.3, 0.4) is 0 Å². The maximum absolute atomic E-state index is 12.7. The smallest absolute Gasteiger partial charge is 0.255 e. The second-order valence-corrected chi connectivity index (χ2v) is 8.35. The number of morpholine rings is 1. The lowest BCUT2D eigenvalue weighted by Gasteiger charge is -2.25. The van der Waals surface area contributed by atoms with Gasteiger partial charge in [-0.3, -0.25) is 14.5 Å². The number of amides is 2. The molecule has 0 saturated carbocycles. The Morgan fingerprint density at radius 1 is 0.912 bits per heavy atom. The van der Waals surface area contributed by atoms with Gasteiger partial charge in [0.05, 0.1) is 19.8 Å². The number of benzene rings is 3. The summed E-state index contributed by atoms with van der Waals surface area (Å²) in [5.41, 5.74) is 2.72. The van der Waals surface area contributed by atoms with Gasteiger partial charge in [-0.15, -0.1) is 0 Å². The van der Waals surface area contributed by atoms with Crippen molar-refractivity contribution in [1.29, 1.82) is 0 Å². The Kier molecular flexibility index (Phi) is 8.14. The lowest BCUT2D eigenvalue weighted by atomic mass is 10.2. The third kappa shape index (κ3) is 7.05. The van der Waals surface area contributed by atoms with E-state index in [2.05, 4.69) is 15.5 Å². The van der Waals surface area contributed by atoms with Gasteiger partial charge in [0, 0.05) is 35.1 Å². The van der Waals surface area contributed by atoms with Gasteiger partial charge >= 0.3 is 0 Å². The van der Waals surface area contributed by atoms with Crippen LogP contribution in [0.5, 0.6) is 5.75 Å². The average Bonchev–Trinajstić information content (AvgIpc) is 2.85. The van der Waals surface area contributed by atoms with E-state index in [1.807, 2.05) is 24.3 Å². The minimum absolute atomic E-state index is 0.0757. The molecular weight excluding hydrogens is 454 g/mol. The van der Waals surface area contributed by atoms with Gasteiger partial charge < -0.3 is 20.1 Å². The van der Waals surface area contributed by atoms with Gasteiger partial charge in [0.25, 0.3) is 5.91 Å². The number of anilines is 2. The summed E-state index contributed by atoms with van der Waals surface area (Å²) >= 11 is 6.01. The molecule has 0 unspecified atom stereocenters. The lowest BCUT2D eigenvalue weighted by Crippen LogP contribution is -2.41. The molecule has 0 bridgehead atoms. The zero-order valence-corrected chi connectivity index (χ0v) is 19.4. The summed E-state index contributed by atoms with van der Waals surface area (Å²) in [6, 6.07) is 21.5. The van der Waals surface area contributed by atoms with E-state index in [0.29, 0.717) is 54.1 Å². The molecular formula is C26H26ClN3O4. The van der Waals surface area contributed by atoms with E-state index in [4.69, 9.17) is 21.1 Å². The Morgan fingerprint density at radius 3 is 2.35 bits per heavy atom. The average molecular weight is 480 g/mol. The van der Waals surface area contributed by atoms with Crippen molar-refractivity contribution in [2.45, 2.75) is 6.61 Å². The number of hydrogen-bond donors (Lipinski definition) is 2. The zero-order valence-electron chi connectivity index (χ0n) is 18.6. The molecule has 2 N–H and O–H groups in total. The highest BCUT2D eigenvalue weighted by Crippen LogP contribution is 2.19. The number of nitrogens with zero attached hydrogens (tertiary/aromatic N) is 1. The van der Waals surface area contributed by atoms with Gasteiger partial charge in [0.2, 0.25) is 5.91 Å². The highest BCUT2D eigenvalue weighted by atomic mass is 35.5. The Bertz CT molecular complexity index is 1130. The summed E-state index contributed by atoms with van der Waals surface area (Å²) in [5, 5.41) is 6.40. The van der Waals surface area contributed by atoms with E-state index < -0.39 is 0 Å². The first-order valence-corrected chi connectivity index (χ1v) is 11.4. The summed E-state index contributed by atoms with van der Waals surface area (Å²) in [6.07, 6.45) is 0. The second-order valence-electron chi connectivity index (χ2n) is 7.91. The van der Waals surface area contributed by atoms with Gasteiger partial charge in [0.15, 0.2) is 0 Å². The van der Waals surface area contributed by atoms with Crippen molar-refractivity contribution in [1.82, 2.24) is 4.90 Å². The van der Waals surface area contributed by atoms with E-state index in [0.717, 1.165) is 18.7 Å². The molecule has 2 amide bonds. The minimum Gasteiger partial charge on any atom is -0.489 e. The van der Waals surface area contributed by atoms with Crippen molar-refractivity contribution in [3.63, 3.8) is 0 Å². The molecule has 3 aromatic rings. The number of halogens is 1. The number of carbonyl (C=O) groups excluding carboxylic acids is 2. The maximum atomic E-state index is 12.7. The summed E-state index contributed by atoms with van der Waals surface area (Å²) in [5.74, 6) is 0.261. The van der Waals surface area contributed by atoms with Crippen LogP contribution in [-0.2, 0) is 16.1 Å². The van der Waals surface area contributed by atoms with E-state index in [9.17, 15) is 9.59 Å². The molecule has 8 heteroatoms. The van der Waals surface area contributed by atoms with Crippen molar-refractivity contribution in [3.8, 4) is 5.75 Å². The summed E-state index contributed by atoms with van der Waals surface area (Å²) in [6.45, 7) is 3.50. The van der Waals surface area contributed by atoms with Gasteiger partial charge in [0.1, 0.15) is 12.4 Å². The van der Waals surface area contributed by atoms with Crippen LogP contribution in [0.25, 0.3) is 0 Å². The molecule has 1 heterocycles. The summed E-state index contributed by atoms with van der Waals surface area (Å²) in [4.78, 5) is 27.0. The second kappa shape index (κ2) is 11.7. The molecule has 4 rings (SSSR count). The highest BCUT2D eigenvalue weighted by Gasteiger charge is 2.14. The number of hydrogen-bond acceptors (Lipinski definition) is 5. The monoisotopic (exact) mass is 479 g/mol. The van der Waals surface area contributed by atoms with Crippen molar-refractivity contribution >= 4 is 34.8 Å². The van der Waals surface area contributed by atoms with Gasteiger partial charge in [-0.05, 0) is 60.2 Å². The van der Waals surface area contributed by atoms with E-state index in [1.54, 1.807) is 48.5 Å². The fourth-order valence-corrected chi connectivity index (χ4v) is 3.74. The van der Waals surface area contributed by atoms with Crippen LogP contribution < -0.4 is 15.4 Å². The molecule has 1 fully saturated rings. The van der Waals surface area contributed by atoms with Crippen LogP contribution in [-0.4, -0.2) is 49.6 Å². The number of ether oxygens (including phenoxy) is 2. The number of carbonyl (C=O) groups is 2. The van der Waals surface area contributed by atoms with Crippen LogP contribution in [0.15, 0.2) is 72.8 Å². The molecule has 1 saturated heterocycles. The predicted octanol–water partition coefficient (Wildman–Crippen LogP) is 4.44. The molecule has 0 atom stereocenters. The molecule has 0 radical (unpaired) electrons. The first-order chi connectivity index (χ1) is 16.5. The molecule has 1 aliphatic rings. The number of nitrogens with one attached hydrogen (secondary N) is 2. The normalized spacial score (nSPS) is 13.8. The fourth-order valence-electron chi connectivity index (χ4n) is 3.52. The molecule has 1 aliphatic heterocycles. The van der Waals surface area contributed by atoms with Crippen LogP contribution in [0, 0.1) is 0 Å². The fraction of sp³-hybridized carbons (Fsp3) is 0.231. The van der Waals surface area contributed by atoms with Crippen LogP contribution in [0.2, 0.25) is 5.02 Å². The van der Waals surface area contributed by atoms with Gasteiger partial charge in [-0.25, -0.2) is 0 Å². The van der Waals surface area contributed by atoms with Crippen LogP contribution in [0.1, 0.15) is 15.9 Å². The van der Waals surface area contributed by atoms with Crippen LogP contribution in [0.4, 0.5) is 11.4 Å². The van der Waals surface area contributed by atoms with Crippen molar-refractivity contribution in [3.05, 3.63) is 88.9 Å². The quantitative estimate of drug-likeness (QED) is 0.499. The zero-order chi connectivity index (χ0) is 23.8. The minimum atomic E-state index is -0.252. The topological polar surface area (TPSA) is 79.9 Å². The Morgan fingerprint density at radius 2 is 1.62 bits per heavy atom. The summed E-state index contributed by atoms with van der Waals surface area (Å²) < 4.78 is 11.1. The Hall–Kier alpha value is -3.39.